The second kappa shape index (κ2) is 13.5. The third-order valence-electron chi connectivity index (χ3n) is 5.99. The lowest BCUT2D eigenvalue weighted by Crippen LogP contribution is -2.43. The van der Waals surface area contributed by atoms with Crippen molar-refractivity contribution in [3.8, 4) is 0 Å². The molecule has 2 aromatic carbocycles. The number of carbonyl (C=O) groups is 1. The molecule has 1 unspecified atom stereocenters. The molecule has 1 atom stereocenters. The molecule has 1 fully saturated rings. The molecule has 1 amide bonds. The van der Waals surface area contributed by atoms with E-state index < -0.39 is 23.2 Å². The maximum Gasteiger partial charge on any atom is 0.268 e. The summed E-state index contributed by atoms with van der Waals surface area (Å²) in [5, 5.41) is 13.2. The van der Waals surface area contributed by atoms with E-state index in [-0.39, 0.29) is 30.3 Å². The number of halogens is 3. The number of carbonyl (C=O) groups excluding carboxylic acids is 1. The zero-order chi connectivity index (χ0) is 26.1. The van der Waals surface area contributed by atoms with E-state index in [0.29, 0.717) is 41.6 Å². The monoisotopic (exact) mass is 542 g/mol. The molecule has 0 aliphatic heterocycles. The van der Waals surface area contributed by atoms with E-state index in [1.165, 1.54) is 0 Å². The molecule has 0 spiro atoms. The molecule has 1 aliphatic rings. The highest BCUT2D eigenvalue weighted by Gasteiger charge is 2.40. The van der Waals surface area contributed by atoms with E-state index in [0.717, 1.165) is 30.0 Å². The van der Waals surface area contributed by atoms with Gasteiger partial charge < -0.3 is 10.2 Å². The Hall–Kier alpha value is -2.08. The Morgan fingerprint density at radius 2 is 1.75 bits per heavy atom. The van der Waals surface area contributed by atoms with Crippen LogP contribution < -0.4 is 14.5 Å². The Morgan fingerprint density at radius 3 is 2.36 bits per heavy atom. The molecule has 1 aliphatic carbocycles. The van der Waals surface area contributed by atoms with Crippen molar-refractivity contribution < 1.29 is 23.2 Å². The molecule has 2 aromatic rings. The lowest BCUT2D eigenvalue weighted by Gasteiger charge is -2.28. The molecule has 36 heavy (non-hydrogen) atoms. The highest BCUT2D eigenvalue weighted by molar-refractivity contribution is 7.99. The molecule has 6 nitrogen and oxygen atoms in total. The quantitative estimate of drug-likeness (QED) is 0.172. The van der Waals surface area contributed by atoms with Gasteiger partial charge in [0.05, 0.1) is 17.8 Å². The highest BCUT2D eigenvalue weighted by atomic mass is 32.2. The molecule has 11 heteroatoms. The van der Waals surface area contributed by atoms with Crippen LogP contribution in [0.25, 0.3) is 0 Å². The molecular formula is C25H33F3N4O2S2. The summed E-state index contributed by atoms with van der Waals surface area (Å²) in [5.74, 6) is -2.03. The number of hydrogen-bond donors (Lipinski definition) is 3. The van der Waals surface area contributed by atoms with Crippen LogP contribution in [0.2, 0.25) is 0 Å². The number of nitrogens with one attached hydrogen (secondary N) is 2. The van der Waals surface area contributed by atoms with Gasteiger partial charge in [-0.3, -0.25) is 14.7 Å². The van der Waals surface area contributed by atoms with Crippen molar-refractivity contribution in [2.75, 3.05) is 36.2 Å². The standard InChI is InChI=1S/C25H33F3N4O2S2/c1-31(2)14-11-18(17-35-20-9-5-3-6-10-20)29-23-21(26)15-19(16-22(23)27)32(34)36-30-24(33)25(28)12-7-4-8-13-25/h3,5-6,9-10,15-16,18,29,34H,4,7-8,11-14,17H2,1-2H3,(H,30,33). The van der Waals surface area contributed by atoms with Crippen LogP contribution in [0.1, 0.15) is 38.5 Å². The van der Waals surface area contributed by atoms with Gasteiger partial charge in [-0.2, -0.15) is 4.47 Å². The van der Waals surface area contributed by atoms with Crippen molar-refractivity contribution in [3.63, 3.8) is 0 Å². The fourth-order valence-corrected chi connectivity index (χ4v) is 5.46. The summed E-state index contributed by atoms with van der Waals surface area (Å²) >= 11 is 1.96. The van der Waals surface area contributed by atoms with Crippen molar-refractivity contribution in [3.05, 3.63) is 54.1 Å². The highest BCUT2D eigenvalue weighted by Crippen LogP contribution is 2.33. The first kappa shape index (κ1) is 28.5. The van der Waals surface area contributed by atoms with Crippen LogP contribution in [0, 0.1) is 11.6 Å². The van der Waals surface area contributed by atoms with E-state index in [1.54, 1.807) is 11.8 Å². The summed E-state index contributed by atoms with van der Waals surface area (Å²) < 4.78 is 47.3. The van der Waals surface area contributed by atoms with Crippen LogP contribution in [0.4, 0.5) is 24.5 Å². The topological polar surface area (TPSA) is 67.8 Å². The van der Waals surface area contributed by atoms with Crippen LogP contribution in [-0.2, 0) is 4.79 Å². The van der Waals surface area contributed by atoms with Gasteiger partial charge in [0.25, 0.3) is 5.91 Å². The van der Waals surface area contributed by atoms with Crippen LogP contribution in [0.3, 0.4) is 0 Å². The van der Waals surface area contributed by atoms with E-state index in [1.807, 2.05) is 49.3 Å². The Morgan fingerprint density at radius 1 is 1.11 bits per heavy atom. The minimum Gasteiger partial charge on any atom is -0.377 e. The van der Waals surface area contributed by atoms with Crippen molar-refractivity contribution in [1.82, 2.24) is 9.62 Å². The third-order valence-corrected chi connectivity index (χ3v) is 7.83. The Kier molecular flexibility index (Phi) is 10.7. The first-order valence-electron chi connectivity index (χ1n) is 11.9. The third kappa shape index (κ3) is 8.22. The summed E-state index contributed by atoms with van der Waals surface area (Å²) in [6, 6.07) is 11.5. The zero-order valence-electron chi connectivity index (χ0n) is 20.5. The molecule has 3 rings (SSSR count). The summed E-state index contributed by atoms with van der Waals surface area (Å²) in [6.07, 6.45) is 2.99. The van der Waals surface area contributed by atoms with Crippen molar-refractivity contribution in [2.24, 2.45) is 0 Å². The van der Waals surface area contributed by atoms with Gasteiger partial charge in [-0.1, -0.05) is 24.6 Å². The molecule has 1 saturated carbocycles. The van der Waals surface area contributed by atoms with E-state index >= 15 is 0 Å². The van der Waals surface area contributed by atoms with Gasteiger partial charge in [-0.05, 0) is 64.9 Å². The number of nitrogens with zero attached hydrogens (tertiary/aromatic N) is 2. The molecule has 3 N–H and O–H groups in total. The number of thioether (sulfide) groups is 1. The van der Waals surface area contributed by atoms with E-state index in [9.17, 15) is 23.2 Å². The molecule has 198 valence electrons. The maximum absolute atomic E-state index is 14.9. The van der Waals surface area contributed by atoms with Crippen molar-refractivity contribution in [2.45, 2.75) is 55.1 Å². The molecule has 0 saturated heterocycles. The number of anilines is 2. The Labute approximate surface area is 219 Å². The Balaban J connectivity index is 1.64. The molecule has 0 aromatic heterocycles. The van der Waals surface area contributed by atoms with Gasteiger partial charge in [0.15, 0.2) is 17.3 Å². The summed E-state index contributed by atoms with van der Waals surface area (Å²) in [7, 11) is 3.87. The van der Waals surface area contributed by atoms with E-state index in [4.69, 9.17) is 0 Å². The van der Waals surface area contributed by atoms with Gasteiger partial charge in [0.1, 0.15) is 5.69 Å². The van der Waals surface area contributed by atoms with Gasteiger partial charge in [0.2, 0.25) is 0 Å². The normalized spacial score (nSPS) is 16.0. The van der Waals surface area contributed by atoms with E-state index in [2.05, 4.69) is 10.0 Å². The van der Waals surface area contributed by atoms with Gasteiger partial charge in [-0.25, -0.2) is 13.2 Å². The van der Waals surface area contributed by atoms with Crippen molar-refractivity contribution in [1.29, 1.82) is 0 Å². The fraction of sp³-hybridized carbons (Fsp3) is 0.480. The minimum absolute atomic E-state index is 0.117. The zero-order valence-corrected chi connectivity index (χ0v) is 22.1. The van der Waals surface area contributed by atoms with Crippen LogP contribution in [0.15, 0.2) is 47.4 Å². The second-order valence-corrected chi connectivity index (χ2v) is 11.0. The van der Waals surface area contributed by atoms with Crippen LogP contribution >= 0.6 is 23.9 Å². The molecule has 0 bridgehead atoms. The number of rotatable bonds is 12. The van der Waals surface area contributed by atoms with Crippen molar-refractivity contribution >= 4 is 41.2 Å². The summed E-state index contributed by atoms with van der Waals surface area (Å²) in [6.45, 7) is 0.727. The average Bonchev–Trinajstić information content (AvgIpc) is 2.86. The number of hydrogen-bond acceptors (Lipinski definition) is 7. The largest absolute Gasteiger partial charge is 0.377 e. The fourth-order valence-electron chi connectivity index (χ4n) is 3.91. The molecule has 0 radical (unpaired) electrons. The first-order chi connectivity index (χ1) is 17.2. The number of amides is 1. The SMILES string of the molecule is CN(C)CCC(CSc1ccccc1)Nc1c(F)cc(N(O)SNC(=O)C2(F)CCCCC2)cc1F. The average molecular weight is 543 g/mol. The predicted octanol–water partition coefficient (Wildman–Crippen LogP) is 6.04. The number of benzene rings is 2. The Bertz CT molecular complexity index is 972. The van der Waals surface area contributed by atoms with Gasteiger partial charge >= 0.3 is 0 Å². The summed E-state index contributed by atoms with van der Waals surface area (Å²) in [4.78, 5) is 15.3. The van der Waals surface area contributed by atoms with Crippen LogP contribution in [0.5, 0.6) is 0 Å². The maximum atomic E-state index is 14.9. The first-order valence-corrected chi connectivity index (χ1v) is 13.7. The number of alkyl halides is 1. The second-order valence-electron chi connectivity index (χ2n) is 9.16. The van der Waals surface area contributed by atoms with Gasteiger partial charge in [-0.15, -0.1) is 11.8 Å². The van der Waals surface area contributed by atoms with Crippen LogP contribution in [-0.4, -0.2) is 54.1 Å². The lowest BCUT2D eigenvalue weighted by atomic mass is 9.86. The minimum atomic E-state index is -1.99. The smallest absolute Gasteiger partial charge is 0.268 e. The van der Waals surface area contributed by atoms with Gasteiger partial charge in [0, 0.05) is 28.8 Å². The lowest BCUT2D eigenvalue weighted by molar-refractivity contribution is -0.132. The predicted molar refractivity (Wildman–Crippen MR) is 141 cm³/mol. The molecule has 0 heterocycles. The summed E-state index contributed by atoms with van der Waals surface area (Å²) in [5.41, 5.74) is -2.50. The molecular weight excluding hydrogens is 509 g/mol.